The highest BCUT2D eigenvalue weighted by Gasteiger charge is 2.57. The molecule has 0 aromatic heterocycles. The van der Waals surface area contributed by atoms with Gasteiger partial charge in [-0.25, -0.2) is 23.2 Å². The highest BCUT2D eigenvalue weighted by molar-refractivity contribution is 5.91. The molecule has 3 N–H and O–H groups in total. The van der Waals surface area contributed by atoms with Gasteiger partial charge in [0.2, 0.25) is 0 Å². The van der Waals surface area contributed by atoms with Crippen molar-refractivity contribution >= 4 is 46.6 Å². The summed E-state index contributed by atoms with van der Waals surface area (Å²) in [5.41, 5.74) is -0.843. The van der Waals surface area contributed by atoms with Gasteiger partial charge in [-0.2, -0.15) is 26.3 Å². The number of amides is 1. The van der Waals surface area contributed by atoms with E-state index in [-0.39, 0.29) is 53.0 Å². The van der Waals surface area contributed by atoms with Gasteiger partial charge in [0, 0.05) is 139 Å². The number of benzene rings is 4. The van der Waals surface area contributed by atoms with Crippen molar-refractivity contribution in [3.8, 4) is 0 Å². The Morgan fingerprint density at radius 1 is 0.556 bits per heavy atom. The van der Waals surface area contributed by atoms with Gasteiger partial charge in [0.25, 0.3) is 5.91 Å². The monoisotopic (exact) mass is 1270 g/mol. The molecule has 8 aliphatic rings. The Kier molecular flexibility index (Phi) is 20.3. The maximum Gasteiger partial charge on any atom is 0.416 e. The molecule has 6 saturated heterocycles. The second kappa shape index (κ2) is 27.6. The van der Waals surface area contributed by atoms with Crippen LogP contribution < -0.4 is 24.9 Å². The molecular weight excluding hydrogens is 1190 g/mol. The Morgan fingerprint density at radius 3 is 1.43 bits per heavy atom. The van der Waals surface area contributed by atoms with Gasteiger partial charge >= 0.3 is 30.3 Å². The Bertz CT molecular complexity index is 3170. The van der Waals surface area contributed by atoms with Crippen LogP contribution in [0.25, 0.3) is 0 Å². The van der Waals surface area contributed by atoms with Crippen LogP contribution in [0.3, 0.4) is 0 Å². The lowest BCUT2D eigenvalue weighted by atomic mass is 9.85. The number of nitrogens with one attached hydrogen (secondary N) is 1. The Morgan fingerprint density at radius 2 is 1.01 bits per heavy atom. The number of rotatable bonds is 12. The number of piperazine rings is 4. The van der Waals surface area contributed by atoms with Crippen molar-refractivity contribution < 1.29 is 78.7 Å². The first kappa shape index (κ1) is 66.1. The number of carboxylic acid groups (broad SMARTS) is 2. The molecule has 0 bridgehead atoms. The minimum Gasteiger partial charge on any atom is -0.479 e. The predicted octanol–water partition coefficient (Wildman–Crippen LogP) is 9.38. The standard InChI is InChI=1S/C32H38F4N4O4.C22H29FN2O5.C11H13F3N2/c1-21-19-39(15-16-40(21)25-7-8-28(33)27(18-25)29(41)42)26-9-10-31(44-20-26,22-5-6-22)30(43)38-13-11-37(12-14-38)24-4-2-3-23(17-24)32(34,35)36;1-14-12-24(17-7-8-22(21(27)28,30-13-17)15-3-4-15)9-10-25(14)16-5-6-19(23)18(11-16)20(26)29-2;12-11(13,14)9-2-1-3-10(8-9)16-6-4-15-5-7-16/h2-4,7-8,17-18,21-22,26H,5-6,9-16,19-20H2,1H3,(H,41,42);5-6,11,14-15,17H,3-4,7-10,12-13H2,1-2H3,(H,27,28);1-3,8,15H,4-7H2/t21-,26+,31-;14-,17+,22-;/m00./s1. The highest BCUT2D eigenvalue weighted by Crippen LogP contribution is 2.49. The van der Waals surface area contributed by atoms with Crippen molar-refractivity contribution in [1.82, 2.24) is 20.0 Å². The maximum absolute atomic E-state index is 14.0. The summed E-state index contributed by atoms with van der Waals surface area (Å²) in [6.45, 7) is 14.4. The molecule has 17 nitrogen and oxygen atoms in total. The van der Waals surface area contributed by atoms with Crippen LogP contribution in [0.1, 0.15) is 97.1 Å². The maximum atomic E-state index is 14.0. The van der Waals surface area contributed by atoms with E-state index in [4.69, 9.17) is 9.47 Å². The normalized spacial score (nSPS) is 26.4. The van der Waals surface area contributed by atoms with Crippen LogP contribution in [0.2, 0.25) is 0 Å². The average molecular weight is 1270 g/mol. The van der Waals surface area contributed by atoms with Crippen molar-refractivity contribution in [2.45, 2.75) is 113 Å². The molecule has 25 heteroatoms. The number of alkyl halides is 6. The molecule has 90 heavy (non-hydrogen) atoms. The molecular formula is C65H80F8N8O9. The van der Waals surface area contributed by atoms with Gasteiger partial charge < -0.3 is 54.2 Å². The molecule has 4 aromatic rings. The van der Waals surface area contributed by atoms with Crippen LogP contribution >= 0.6 is 0 Å². The predicted molar refractivity (Wildman–Crippen MR) is 321 cm³/mol. The number of esters is 1. The molecule has 6 atom stereocenters. The SMILES string of the molecule is COC(=O)c1cc(N2CCN([C@@H]3CC[C@@](C(=O)O)(C4CC4)OC3)C[C@@H]2C)ccc1F.C[C@H]1CN([C@@H]2CC[C@@](C(=O)N3CCN(c4cccc(C(F)(F)F)c4)CC3)(C3CC3)OC2)CCN1c1ccc(F)c(C(=O)O)c1.FC(F)(F)c1cccc(N2CCNCC2)c1. The van der Waals surface area contributed by atoms with Crippen molar-refractivity contribution in [2.24, 2.45) is 11.8 Å². The first-order valence-electron chi connectivity index (χ1n) is 31.2. The minimum absolute atomic E-state index is 0.00544. The molecule has 0 radical (unpaired) electrons. The molecule has 6 aliphatic heterocycles. The zero-order valence-corrected chi connectivity index (χ0v) is 50.9. The number of aliphatic carboxylic acids is 1. The zero-order chi connectivity index (χ0) is 64.3. The summed E-state index contributed by atoms with van der Waals surface area (Å²) in [5, 5.41) is 22.2. The second-order valence-corrected chi connectivity index (χ2v) is 25.0. The molecule has 8 fully saturated rings. The lowest BCUT2D eigenvalue weighted by Crippen LogP contribution is -2.62. The van der Waals surface area contributed by atoms with E-state index in [0.717, 1.165) is 115 Å². The van der Waals surface area contributed by atoms with Gasteiger partial charge in [-0.15, -0.1) is 0 Å². The number of nitrogens with zero attached hydrogens (tertiary/aromatic N) is 7. The van der Waals surface area contributed by atoms with E-state index in [9.17, 15) is 64.5 Å². The number of aromatic carboxylic acids is 1. The van der Waals surface area contributed by atoms with E-state index in [1.165, 1.54) is 49.6 Å². The first-order chi connectivity index (χ1) is 42.9. The number of carbonyl (C=O) groups excluding carboxylic acids is 2. The van der Waals surface area contributed by atoms with Crippen LogP contribution in [0.5, 0.6) is 0 Å². The van der Waals surface area contributed by atoms with E-state index < -0.39 is 64.2 Å². The Labute approximate surface area is 518 Å². The summed E-state index contributed by atoms with van der Waals surface area (Å²) >= 11 is 0. The molecule has 0 spiro atoms. The van der Waals surface area contributed by atoms with Crippen LogP contribution in [0.4, 0.5) is 57.9 Å². The van der Waals surface area contributed by atoms with Crippen LogP contribution in [-0.2, 0) is 36.2 Å². The molecule has 6 heterocycles. The molecule has 2 saturated carbocycles. The third-order valence-electron chi connectivity index (χ3n) is 19.3. The molecule has 1 amide bonds. The lowest BCUT2D eigenvalue weighted by molar-refractivity contribution is -0.182. The zero-order valence-electron chi connectivity index (χ0n) is 50.9. The van der Waals surface area contributed by atoms with Gasteiger partial charge in [0.15, 0.2) is 5.60 Å². The fraction of sp³-hybridized carbons (Fsp3) is 0.569. The average Bonchev–Trinajstić information content (AvgIpc) is 1.57. The summed E-state index contributed by atoms with van der Waals surface area (Å²) in [6, 6.07) is 20.2. The smallest absolute Gasteiger partial charge is 0.416 e. The number of carboxylic acids is 2. The highest BCUT2D eigenvalue weighted by atomic mass is 19.4. The van der Waals surface area contributed by atoms with E-state index in [0.29, 0.717) is 75.8 Å². The lowest BCUT2D eigenvalue weighted by Gasteiger charge is -2.49. The summed E-state index contributed by atoms with van der Waals surface area (Å²) in [6.07, 6.45) is -2.05. The van der Waals surface area contributed by atoms with E-state index in [1.54, 1.807) is 30.3 Å². The Balaban J connectivity index is 0.000000166. The number of hydrogen-bond donors (Lipinski definition) is 3. The molecule has 12 rings (SSSR count). The molecule has 0 unspecified atom stereocenters. The summed E-state index contributed by atoms with van der Waals surface area (Å²) < 4.78 is 122. The first-order valence-corrected chi connectivity index (χ1v) is 31.2. The van der Waals surface area contributed by atoms with Crippen LogP contribution in [0.15, 0.2) is 84.9 Å². The number of methoxy groups -OCH3 is 1. The van der Waals surface area contributed by atoms with Crippen molar-refractivity contribution in [1.29, 1.82) is 0 Å². The van der Waals surface area contributed by atoms with Crippen molar-refractivity contribution in [3.05, 3.63) is 119 Å². The fourth-order valence-corrected chi connectivity index (χ4v) is 13.9. The summed E-state index contributed by atoms with van der Waals surface area (Å²) in [7, 11) is 1.24. The third kappa shape index (κ3) is 14.9. The van der Waals surface area contributed by atoms with E-state index in [1.807, 2.05) is 14.7 Å². The number of halogens is 8. The van der Waals surface area contributed by atoms with Crippen molar-refractivity contribution in [3.63, 3.8) is 0 Å². The Hall–Kier alpha value is -6.80. The fourth-order valence-electron chi connectivity index (χ4n) is 13.9. The van der Waals surface area contributed by atoms with Gasteiger partial charge in [-0.3, -0.25) is 14.6 Å². The van der Waals surface area contributed by atoms with Crippen molar-refractivity contribution in [2.75, 3.05) is 132 Å². The molecule has 490 valence electrons. The third-order valence-corrected chi connectivity index (χ3v) is 19.3. The number of hydrogen-bond acceptors (Lipinski definition) is 14. The minimum atomic E-state index is -4.40. The summed E-state index contributed by atoms with van der Waals surface area (Å²) in [4.78, 5) is 63.7. The number of ether oxygens (including phenoxy) is 3. The van der Waals surface area contributed by atoms with Crippen LogP contribution in [-0.4, -0.2) is 196 Å². The van der Waals surface area contributed by atoms with Crippen LogP contribution in [0, 0.1) is 23.5 Å². The van der Waals surface area contributed by atoms with Gasteiger partial charge in [-0.05, 0) is 150 Å². The topological polar surface area (TPSA) is 171 Å². The molecule has 4 aromatic carbocycles. The number of carbonyl (C=O) groups is 4. The van der Waals surface area contributed by atoms with Gasteiger partial charge in [0.1, 0.15) is 17.2 Å². The summed E-state index contributed by atoms with van der Waals surface area (Å²) in [5.74, 6) is -3.78. The van der Waals surface area contributed by atoms with Gasteiger partial charge in [0.05, 0.1) is 42.6 Å². The quantitative estimate of drug-likeness (QED) is 0.0905. The largest absolute Gasteiger partial charge is 0.479 e. The van der Waals surface area contributed by atoms with E-state index >= 15 is 0 Å². The number of anilines is 4. The van der Waals surface area contributed by atoms with E-state index in [2.05, 4.69) is 43.5 Å². The van der Waals surface area contributed by atoms with Gasteiger partial charge in [-0.1, -0.05) is 12.1 Å². The second-order valence-electron chi connectivity index (χ2n) is 25.0. The molecule has 2 aliphatic carbocycles.